The highest BCUT2D eigenvalue weighted by atomic mass is 16.5. The highest BCUT2D eigenvalue weighted by molar-refractivity contribution is 5.98. The highest BCUT2D eigenvalue weighted by Gasteiger charge is 2.29. The van der Waals surface area contributed by atoms with Crippen LogP contribution in [0.3, 0.4) is 0 Å². The van der Waals surface area contributed by atoms with Crippen molar-refractivity contribution in [2.24, 2.45) is 5.73 Å². The minimum atomic E-state index is -1.14. The van der Waals surface area contributed by atoms with E-state index in [9.17, 15) is 15.0 Å². The average Bonchev–Trinajstić information content (AvgIpc) is 3.31. The van der Waals surface area contributed by atoms with Crippen LogP contribution in [-0.2, 0) is 4.74 Å². The van der Waals surface area contributed by atoms with Crippen molar-refractivity contribution in [3.63, 3.8) is 0 Å². The first-order valence-corrected chi connectivity index (χ1v) is 10.8. The molecular weight excluding hydrogens is 430 g/mol. The van der Waals surface area contributed by atoms with Crippen molar-refractivity contribution in [2.45, 2.75) is 39.7 Å². The van der Waals surface area contributed by atoms with E-state index < -0.39 is 11.5 Å². The Morgan fingerprint density at radius 3 is 2.62 bits per heavy atom. The Morgan fingerprint density at radius 1 is 1.32 bits per heavy atom. The SMILES string of the molecule is C=C=c1c(=C=C(C)/C=C(\C)C#CC2(O)CCOC2)c(C(N)=O)c(N)n1-c1c(C)ccc(O)c1C. The monoisotopic (exact) mass is 459 g/mol. The van der Waals surface area contributed by atoms with Crippen LogP contribution in [0, 0.1) is 25.7 Å². The van der Waals surface area contributed by atoms with Crippen molar-refractivity contribution in [3.05, 3.63) is 63.2 Å². The third-order valence-electron chi connectivity index (χ3n) is 5.70. The number of nitrogens with zero attached hydrogens (tertiary/aromatic N) is 1. The molecule has 1 unspecified atom stereocenters. The number of nitrogens with two attached hydrogens (primary N) is 2. The summed E-state index contributed by atoms with van der Waals surface area (Å²) >= 11 is 0. The van der Waals surface area contributed by atoms with Crippen molar-refractivity contribution in [1.29, 1.82) is 0 Å². The van der Waals surface area contributed by atoms with E-state index in [1.165, 1.54) is 0 Å². The molecule has 0 saturated carbocycles. The van der Waals surface area contributed by atoms with Gasteiger partial charge in [-0.05, 0) is 56.5 Å². The van der Waals surface area contributed by atoms with Crippen LogP contribution in [0.25, 0.3) is 17.1 Å². The molecule has 176 valence electrons. The number of aromatic nitrogens is 1. The fraction of sp³-hybridized carbons (Fsp3) is 0.296. The first-order chi connectivity index (χ1) is 16.0. The van der Waals surface area contributed by atoms with Gasteiger partial charge in [0.15, 0.2) is 5.60 Å². The number of ether oxygens (including phenoxy) is 1. The van der Waals surface area contributed by atoms with Gasteiger partial charge in [0.05, 0.1) is 29.7 Å². The van der Waals surface area contributed by atoms with Gasteiger partial charge in [0, 0.05) is 12.0 Å². The van der Waals surface area contributed by atoms with Gasteiger partial charge in [-0.15, -0.1) is 11.5 Å². The summed E-state index contributed by atoms with van der Waals surface area (Å²) < 4.78 is 6.82. The molecular formula is C27H29N3O4. The zero-order valence-corrected chi connectivity index (χ0v) is 19.9. The molecule has 2 aromatic rings. The van der Waals surface area contributed by atoms with Gasteiger partial charge in [0.1, 0.15) is 16.9 Å². The Morgan fingerprint density at radius 2 is 2.03 bits per heavy atom. The molecule has 1 fully saturated rings. The third kappa shape index (κ3) is 4.72. The zero-order chi connectivity index (χ0) is 25.2. The number of aliphatic hydroxyl groups is 1. The van der Waals surface area contributed by atoms with Gasteiger partial charge in [0.2, 0.25) is 0 Å². The predicted molar refractivity (Wildman–Crippen MR) is 133 cm³/mol. The van der Waals surface area contributed by atoms with E-state index in [4.69, 9.17) is 16.2 Å². The minimum absolute atomic E-state index is 0.0854. The fourth-order valence-corrected chi connectivity index (χ4v) is 3.99. The fourth-order valence-electron chi connectivity index (χ4n) is 3.99. The maximum Gasteiger partial charge on any atom is 0.253 e. The number of primary amides is 1. The van der Waals surface area contributed by atoms with Gasteiger partial charge in [-0.3, -0.25) is 9.36 Å². The van der Waals surface area contributed by atoms with Crippen molar-refractivity contribution in [1.82, 2.24) is 4.57 Å². The van der Waals surface area contributed by atoms with Crippen LogP contribution in [0.5, 0.6) is 5.75 Å². The second-order valence-electron chi connectivity index (χ2n) is 8.46. The van der Waals surface area contributed by atoms with E-state index in [2.05, 4.69) is 29.9 Å². The smallest absolute Gasteiger partial charge is 0.253 e. The number of phenols is 1. The maximum atomic E-state index is 12.4. The lowest BCUT2D eigenvalue weighted by molar-refractivity contribution is 0.0765. The summed E-state index contributed by atoms with van der Waals surface area (Å²) in [4.78, 5) is 12.4. The Kier molecular flexibility index (Phi) is 6.93. The molecule has 34 heavy (non-hydrogen) atoms. The van der Waals surface area contributed by atoms with Crippen molar-refractivity contribution >= 4 is 23.2 Å². The molecule has 0 radical (unpaired) electrons. The van der Waals surface area contributed by atoms with E-state index in [0.29, 0.717) is 46.0 Å². The molecule has 1 amide bonds. The second-order valence-corrected chi connectivity index (χ2v) is 8.46. The Balaban J connectivity index is 2.31. The highest BCUT2D eigenvalue weighted by Crippen LogP contribution is 2.28. The summed E-state index contributed by atoms with van der Waals surface area (Å²) in [5.74, 6) is 5.29. The van der Waals surface area contributed by atoms with Crippen LogP contribution in [0.2, 0.25) is 0 Å². The van der Waals surface area contributed by atoms with Crippen LogP contribution < -0.4 is 22.0 Å². The molecule has 0 aliphatic carbocycles. The van der Waals surface area contributed by atoms with Gasteiger partial charge < -0.3 is 26.4 Å². The molecule has 1 aliphatic rings. The molecule has 1 aromatic carbocycles. The number of carbonyl (C=O) groups is 1. The first kappa shape index (κ1) is 24.7. The summed E-state index contributed by atoms with van der Waals surface area (Å²) in [6, 6.07) is 3.35. The van der Waals surface area contributed by atoms with Crippen LogP contribution >= 0.6 is 0 Å². The number of nitrogen functional groups attached to an aromatic ring is 1. The lowest BCUT2D eigenvalue weighted by atomic mass is 10.0. The molecule has 3 rings (SSSR count). The van der Waals surface area contributed by atoms with Gasteiger partial charge in [0.25, 0.3) is 5.91 Å². The molecule has 1 aromatic heterocycles. The van der Waals surface area contributed by atoms with Crippen LogP contribution in [0.1, 0.15) is 41.8 Å². The number of rotatable bonds is 3. The number of phenolic OH excluding ortho intramolecular Hbond substituents is 1. The Bertz CT molecular complexity index is 1450. The second kappa shape index (κ2) is 9.52. The molecule has 0 bridgehead atoms. The molecule has 6 N–H and O–H groups in total. The molecule has 1 aliphatic heterocycles. The molecule has 7 heteroatoms. The normalized spacial score (nSPS) is 17.5. The Hall–Kier alpha value is -3.91. The number of anilines is 1. The van der Waals surface area contributed by atoms with Gasteiger partial charge in [-0.2, -0.15) is 0 Å². The third-order valence-corrected chi connectivity index (χ3v) is 5.70. The van der Waals surface area contributed by atoms with Gasteiger partial charge >= 0.3 is 0 Å². The molecule has 2 heterocycles. The Labute approximate surface area is 198 Å². The maximum absolute atomic E-state index is 12.4. The van der Waals surface area contributed by atoms with E-state index in [1.807, 2.05) is 13.8 Å². The summed E-state index contributed by atoms with van der Waals surface area (Å²) in [7, 11) is 0. The van der Waals surface area contributed by atoms with Crippen LogP contribution in [-0.4, -0.2) is 39.5 Å². The predicted octanol–water partition coefficient (Wildman–Crippen LogP) is 1.47. The van der Waals surface area contributed by atoms with Crippen molar-refractivity contribution < 1.29 is 19.7 Å². The average molecular weight is 460 g/mol. The topological polar surface area (TPSA) is 124 Å². The number of aromatic hydroxyl groups is 1. The summed E-state index contributed by atoms with van der Waals surface area (Å²) in [6.45, 7) is 11.7. The quantitative estimate of drug-likeness (QED) is 0.409. The molecule has 1 saturated heterocycles. The molecule has 7 nitrogen and oxygen atoms in total. The number of carbonyl (C=O) groups excluding carboxylic acids is 1. The van der Waals surface area contributed by atoms with Gasteiger partial charge in [-0.25, -0.2) is 0 Å². The van der Waals surface area contributed by atoms with E-state index >= 15 is 0 Å². The summed E-state index contributed by atoms with van der Waals surface area (Å²) in [6.07, 6.45) is 2.25. The standard InChI is InChI=1S/C27H29N3O4/c1-6-21-20(14-17(3)13-16(2)9-10-27(33)11-12-34-15-27)23(26(29)32)25(28)30(21)24-18(4)7-8-22(31)19(24)5/h7-8,13,31,33H,1,11-12,15,28H2,2-5H3,(H2,29,32)/b16-13+. The van der Waals surface area contributed by atoms with E-state index in [-0.39, 0.29) is 23.7 Å². The van der Waals surface area contributed by atoms with Crippen LogP contribution in [0.15, 0.2) is 35.9 Å². The van der Waals surface area contributed by atoms with Crippen molar-refractivity contribution in [3.8, 4) is 23.3 Å². The number of amides is 1. The van der Waals surface area contributed by atoms with Crippen molar-refractivity contribution in [2.75, 3.05) is 18.9 Å². The van der Waals surface area contributed by atoms with E-state index in [0.717, 1.165) is 5.56 Å². The van der Waals surface area contributed by atoms with E-state index in [1.54, 1.807) is 36.6 Å². The number of benzene rings is 1. The lowest BCUT2D eigenvalue weighted by Gasteiger charge is -2.14. The molecule has 1 atom stereocenters. The summed E-state index contributed by atoms with van der Waals surface area (Å²) in [5, 5.41) is 21.3. The number of hydrogen-bond donors (Lipinski definition) is 4. The number of aryl methyl sites for hydroxylation is 1. The summed E-state index contributed by atoms with van der Waals surface area (Å²) in [5.41, 5.74) is 20.4. The first-order valence-electron chi connectivity index (χ1n) is 10.8. The van der Waals surface area contributed by atoms with Crippen LogP contribution in [0.4, 0.5) is 5.82 Å². The largest absolute Gasteiger partial charge is 0.508 e. The lowest BCUT2D eigenvalue weighted by Crippen LogP contribution is -2.31. The van der Waals surface area contributed by atoms with Gasteiger partial charge in [-0.1, -0.05) is 24.5 Å². The minimum Gasteiger partial charge on any atom is -0.508 e. The molecule has 0 spiro atoms. The number of hydrogen-bond acceptors (Lipinski definition) is 5. The zero-order valence-electron chi connectivity index (χ0n) is 19.9. The number of allylic oxidation sites excluding steroid dienone is 3.